The highest BCUT2D eigenvalue weighted by Crippen LogP contribution is 2.36. The second-order valence-electron chi connectivity index (χ2n) is 10.7. The molecule has 0 fully saturated rings. The Kier molecular flexibility index (Phi) is 4.94. The summed E-state index contributed by atoms with van der Waals surface area (Å²) < 4.78 is 4.97. The molecule has 0 aliphatic heterocycles. The minimum atomic E-state index is 1.08. The van der Waals surface area contributed by atoms with Crippen molar-refractivity contribution >= 4 is 27.9 Å². The second kappa shape index (κ2) is 8.63. The fourth-order valence-electron chi connectivity index (χ4n) is 6.86. The molecule has 0 unspecified atom stereocenters. The molecule has 0 radical (unpaired) electrons. The Morgan fingerprint density at radius 2 is 1.08 bits per heavy atom. The summed E-state index contributed by atoms with van der Waals surface area (Å²) in [4.78, 5) is 0. The van der Waals surface area contributed by atoms with Gasteiger partial charge in [0.25, 0.3) is 0 Å². The molecular formula is C36H30N2. The van der Waals surface area contributed by atoms with Gasteiger partial charge in [0.2, 0.25) is 0 Å². The zero-order valence-corrected chi connectivity index (χ0v) is 21.5. The third-order valence-electron chi connectivity index (χ3n) is 8.61. The van der Waals surface area contributed by atoms with E-state index in [9.17, 15) is 0 Å². The lowest BCUT2D eigenvalue weighted by molar-refractivity contribution is 0.667. The topological polar surface area (TPSA) is 9.86 Å². The lowest BCUT2D eigenvalue weighted by Gasteiger charge is -2.16. The van der Waals surface area contributed by atoms with Crippen molar-refractivity contribution in [1.82, 2.24) is 9.13 Å². The molecule has 4 aromatic carbocycles. The molecule has 2 aromatic heterocycles. The number of allylic oxidation sites excluding steroid dienone is 1. The highest BCUT2D eigenvalue weighted by Gasteiger charge is 2.21. The van der Waals surface area contributed by atoms with Gasteiger partial charge in [-0.05, 0) is 91.6 Å². The fourth-order valence-corrected chi connectivity index (χ4v) is 6.86. The maximum absolute atomic E-state index is 2.51. The summed E-state index contributed by atoms with van der Waals surface area (Å²) in [5.74, 6) is 0. The van der Waals surface area contributed by atoms with Crippen LogP contribution in [-0.2, 0) is 19.3 Å². The normalized spacial score (nSPS) is 14.6. The van der Waals surface area contributed by atoms with Crippen LogP contribution in [0.1, 0.15) is 41.8 Å². The molecule has 2 heterocycles. The van der Waals surface area contributed by atoms with E-state index in [1.54, 1.807) is 5.56 Å². The van der Waals surface area contributed by atoms with E-state index in [2.05, 4.69) is 118 Å². The maximum atomic E-state index is 2.51. The van der Waals surface area contributed by atoms with Gasteiger partial charge in [0.15, 0.2) is 0 Å². The van der Waals surface area contributed by atoms with Gasteiger partial charge in [0, 0.05) is 39.1 Å². The number of fused-ring (bicyclic) bond motifs is 6. The van der Waals surface area contributed by atoms with Crippen LogP contribution in [0.5, 0.6) is 0 Å². The average Bonchev–Trinajstić information content (AvgIpc) is 3.51. The molecule has 6 aromatic rings. The van der Waals surface area contributed by atoms with Crippen LogP contribution in [0.3, 0.4) is 0 Å². The number of nitrogens with zero attached hydrogens (tertiary/aromatic N) is 2. The number of hydrogen-bond acceptors (Lipinski definition) is 0. The number of para-hydroxylation sites is 2. The van der Waals surface area contributed by atoms with Crippen molar-refractivity contribution in [3.63, 3.8) is 0 Å². The zero-order chi connectivity index (χ0) is 25.1. The molecular weight excluding hydrogens is 460 g/mol. The van der Waals surface area contributed by atoms with Crippen LogP contribution in [0.2, 0.25) is 0 Å². The van der Waals surface area contributed by atoms with E-state index in [4.69, 9.17) is 0 Å². The molecule has 2 aliphatic rings. The van der Waals surface area contributed by atoms with E-state index in [0.717, 1.165) is 12.8 Å². The molecule has 0 amide bonds. The lowest BCUT2D eigenvalue weighted by atomic mass is 9.95. The van der Waals surface area contributed by atoms with E-state index in [1.165, 1.54) is 86.9 Å². The molecule has 2 aliphatic carbocycles. The van der Waals surface area contributed by atoms with Crippen LogP contribution in [0.15, 0.2) is 103 Å². The predicted octanol–water partition coefficient (Wildman–Crippen LogP) is 9.08. The van der Waals surface area contributed by atoms with Gasteiger partial charge in [0.05, 0.1) is 11.0 Å². The number of rotatable bonds is 3. The van der Waals surface area contributed by atoms with Gasteiger partial charge in [-0.2, -0.15) is 0 Å². The number of benzene rings is 4. The van der Waals surface area contributed by atoms with Crippen LogP contribution in [0, 0.1) is 0 Å². The van der Waals surface area contributed by atoms with Gasteiger partial charge in [-0.15, -0.1) is 0 Å². The second-order valence-corrected chi connectivity index (χ2v) is 10.7. The lowest BCUT2D eigenvalue weighted by Crippen LogP contribution is -2.06. The highest BCUT2D eigenvalue weighted by molar-refractivity contribution is 5.93. The average molecular weight is 491 g/mol. The first-order valence-electron chi connectivity index (χ1n) is 14.0. The van der Waals surface area contributed by atoms with E-state index in [0.29, 0.717) is 0 Å². The van der Waals surface area contributed by atoms with Gasteiger partial charge < -0.3 is 9.13 Å². The minimum Gasteiger partial charge on any atom is -0.313 e. The first kappa shape index (κ1) is 21.8. The molecule has 38 heavy (non-hydrogen) atoms. The Morgan fingerprint density at radius 1 is 0.500 bits per heavy atom. The summed E-state index contributed by atoms with van der Waals surface area (Å²) in [6.07, 6.45) is 11.7. The van der Waals surface area contributed by atoms with Crippen LogP contribution in [0.25, 0.3) is 50.4 Å². The van der Waals surface area contributed by atoms with Gasteiger partial charge in [-0.1, -0.05) is 72.8 Å². The van der Waals surface area contributed by atoms with Gasteiger partial charge in [-0.3, -0.25) is 0 Å². The van der Waals surface area contributed by atoms with Crippen molar-refractivity contribution in [3.8, 4) is 22.5 Å². The molecule has 0 N–H and O–H groups in total. The first-order chi connectivity index (χ1) is 18.9. The number of aryl methyl sites for hydroxylation is 1. The smallest absolute Gasteiger partial charge is 0.0537 e. The quantitative estimate of drug-likeness (QED) is 0.234. The first-order valence-corrected chi connectivity index (χ1v) is 14.0. The Bertz CT molecular complexity index is 1840. The molecule has 0 bridgehead atoms. The summed E-state index contributed by atoms with van der Waals surface area (Å²) in [5.41, 5.74) is 13.5. The molecule has 0 saturated heterocycles. The molecule has 8 rings (SSSR count). The van der Waals surface area contributed by atoms with Gasteiger partial charge >= 0.3 is 0 Å². The Hall–Kier alpha value is -4.30. The molecule has 0 saturated carbocycles. The summed E-state index contributed by atoms with van der Waals surface area (Å²) in [6.45, 7) is 0. The van der Waals surface area contributed by atoms with Crippen LogP contribution in [0.4, 0.5) is 0 Å². The predicted molar refractivity (Wildman–Crippen MR) is 160 cm³/mol. The van der Waals surface area contributed by atoms with Crippen LogP contribution >= 0.6 is 0 Å². The van der Waals surface area contributed by atoms with Gasteiger partial charge in [0.1, 0.15) is 0 Å². The Balaban J connectivity index is 1.16. The van der Waals surface area contributed by atoms with Crippen molar-refractivity contribution in [2.45, 2.75) is 38.5 Å². The van der Waals surface area contributed by atoms with E-state index in [1.807, 2.05) is 0 Å². The van der Waals surface area contributed by atoms with Crippen LogP contribution in [-0.4, -0.2) is 9.13 Å². The standard InChI is InChI=1S/C36H30N2/c1-5-13-33-29(9-1)30-10-2-6-14-34(30)37(33)27-21-17-25(18-22-27)26-19-23-28(24-20-26)38-35-15-7-3-11-31(35)32-12-4-8-16-36(32)38/h1-3,5,7,9-11,13,15,17-24H,4,6,8,12,14,16H2. The summed E-state index contributed by atoms with van der Waals surface area (Å²) >= 11 is 0. The molecule has 2 nitrogen and oxygen atoms in total. The van der Waals surface area contributed by atoms with E-state index < -0.39 is 0 Å². The molecule has 184 valence electrons. The molecule has 0 atom stereocenters. The van der Waals surface area contributed by atoms with Crippen molar-refractivity contribution in [2.24, 2.45) is 0 Å². The zero-order valence-electron chi connectivity index (χ0n) is 21.5. The van der Waals surface area contributed by atoms with Crippen molar-refractivity contribution in [2.75, 3.05) is 0 Å². The molecule has 2 heteroatoms. The third kappa shape index (κ3) is 3.26. The fraction of sp³-hybridized carbons (Fsp3) is 0.167. The van der Waals surface area contributed by atoms with Gasteiger partial charge in [-0.25, -0.2) is 0 Å². The Morgan fingerprint density at radius 3 is 1.79 bits per heavy atom. The largest absolute Gasteiger partial charge is 0.313 e. The monoisotopic (exact) mass is 490 g/mol. The SMILES string of the molecule is C1=Cc2c(n(-c3ccc(-c4ccc(-n5c6c(c7ccccc75)CCCC6)cc4)cc3)c3ccccc23)CC1. The summed E-state index contributed by atoms with van der Waals surface area (Å²) in [6, 6.07) is 36.0. The van der Waals surface area contributed by atoms with E-state index >= 15 is 0 Å². The maximum Gasteiger partial charge on any atom is 0.0537 e. The highest BCUT2D eigenvalue weighted by atomic mass is 15.0. The minimum absolute atomic E-state index is 1.08. The third-order valence-corrected chi connectivity index (χ3v) is 8.61. The summed E-state index contributed by atoms with van der Waals surface area (Å²) in [7, 11) is 0. The van der Waals surface area contributed by atoms with E-state index in [-0.39, 0.29) is 0 Å². The van der Waals surface area contributed by atoms with Crippen molar-refractivity contribution in [3.05, 3.63) is 126 Å². The number of hydrogen-bond donors (Lipinski definition) is 0. The van der Waals surface area contributed by atoms with Crippen molar-refractivity contribution in [1.29, 1.82) is 0 Å². The van der Waals surface area contributed by atoms with Crippen LogP contribution < -0.4 is 0 Å². The van der Waals surface area contributed by atoms with Crippen molar-refractivity contribution < 1.29 is 0 Å². The number of aromatic nitrogens is 2. The Labute approximate surface area is 223 Å². The summed E-state index contributed by atoms with van der Waals surface area (Å²) in [5, 5.41) is 2.77. The molecule has 0 spiro atoms.